The third-order valence-electron chi connectivity index (χ3n) is 3.76. The lowest BCUT2D eigenvalue weighted by molar-refractivity contribution is 0.375. The first-order valence-electron chi connectivity index (χ1n) is 7.47. The lowest BCUT2D eigenvalue weighted by Crippen LogP contribution is -2.18. The molecule has 0 aliphatic carbocycles. The second-order valence-corrected chi connectivity index (χ2v) is 5.40. The highest BCUT2D eigenvalue weighted by atomic mass is 19.1. The van der Waals surface area contributed by atoms with Crippen molar-refractivity contribution in [3.8, 4) is 11.8 Å². The number of halogens is 1. The number of aromatic nitrogens is 2. The largest absolute Gasteiger partial charge is 0.495 e. The summed E-state index contributed by atoms with van der Waals surface area (Å²) in [5.41, 5.74) is 1.92. The van der Waals surface area contributed by atoms with E-state index in [9.17, 15) is 9.18 Å². The Morgan fingerprint density at radius 2 is 1.96 bits per heavy atom. The van der Waals surface area contributed by atoms with Crippen molar-refractivity contribution in [3.05, 3.63) is 81.3 Å². The molecule has 0 aliphatic rings. The van der Waals surface area contributed by atoms with Crippen molar-refractivity contribution in [1.82, 2.24) is 9.72 Å². The Morgan fingerprint density at radius 3 is 2.64 bits per heavy atom. The van der Waals surface area contributed by atoms with Gasteiger partial charge in [0.15, 0.2) is 5.82 Å². The van der Waals surface area contributed by atoms with Crippen molar-refractivity contribution in [2.24, 2.45) is 0 Å². The maximum Gasteiger partial charge on any atom is 0.441 e. The molecule has 0 atom stereocenters. The van der Waals surface area contributed by atoms with E-state index in [1.165, 1.54) is 23.8 Å². The van der Waals surface area contributed by atoms with Gasteiger partial charge < -0.3 is 4.74 Å². The van der Waals surface area contributed by atoms with Gasteiger partial charge in [-0.3, -0.25) is 9.09 Å². The van der Waals surface area contributed by atoms with E-state index in [0.717, 1.165) is 11.1 Å². The highest BCUT2D eigenvalue weighted by molar-refractivity contribution is 5.45. The summed E-state index contributed by atoms with van der Waals surface area (Å²) in [6.45, 7) is 0.206. The van der Waals surface area contributed by atoms with E-state index in [1.54, 1.807) is 30.3 Å². The van der Waals surface area contributed by atoms with Crippen LogP contribution in [0, 0.1) is 17.1 Å². The van der Waals surface area contributed by atoms with Crippen LogP contribution in [0.4, 0.5) is 4.39 Å². The van der Waals surface area contributed by atoms with Gasteiger partial charge >= 0.3 is 5.76 Å². The Bertz CT molecular complexity index is 984. The van der Waals surface area contributed by atoms with Crippen LogP contribution < -0.4 is 10.5 Å². The SMILES string of the molecule is COc1ccc(Cn2c(Cc3ccc(F)cc3)noc2=O)cc1C#N. The second kappa shape index (κ2) is 7.01. The molecule has 0 N–H and O–H groups in total. The van der Waals surface area contributed by atoms with Crippen LogP contribution >= 0.6 is 0 Å². The third kappa shape index (κ3) is 3.58. The van der Waals surface area contributed by atoms with Gasteiger partial charge in [-0.15, -0.1) is 0 Å². The molecule has 2 aromatic carbocycles. The molecule has 0 unspecified atom stereocenters. The van der Waals surface area contributed by atoms with E-state index in [4.69, 9.17) is 14.5 Å². The average Bonchev–Trinajstić information content (AvgIpc) is 2.97. The lowest BCUT2D eigenvalue weighted by Gasteiger charge is -2.08. The van der Waals surface area contributed by atoms with Crippen LogP contribution in [-0.4, -0.2) is 16.8 Å². The van der Waals surface area contributed by atoms with E-state index in [1.807, 2.05) is 0 Å². The summed E-state index contributed by atoms with van der Waals surface area (Å²) in [5.74, 6) is -0.0311. The predicted octanol–water partition coefficient (Wildman–Crippen LogP) is 2.49. The van der Waals surface area contributed by atoms with Crippen LogP contribution in [0.1, 0.15) is 22.5 Å². The van der Waals surface area contributed by atoms with Crippen molar-refractivity contribution in [2.75, 3.05) is 7.11 Å². The summed E-state index contributed by atoms with van der Waals surface area (Å²) in [4.78, 5) is 12.0. The molecule has 126 valence electrons. The molecule has 0 fully saturated rings. The fourth-order valence-electron chi connectivity index (χ4n) is 2.49. The van der Waals surface area contributed by atoms with Gasteiger partial charge in [0.1, 0.15) is 17.6 Å². The summed E-state index contributed by atoms with van der Waals surface area (Å²) >= 11 is 0. The van der Waals surface area contributed by atoms with E-state index in [0.29, 0.717) is 23.6 Å². The van der Waals surface area contributed by atoms with Gasteiger partial charge in [-0.2, -0.15) is 5.26 Å². The average molecular weight is 339 g/mol. The number of benzene rings is 2. The zero-order chi connectivity index (χ0) is 17.8. The van der Waals surface area contributed by atoms with E-state index < -0.39 is 5.76 Å². The van der Waals surface area contributed by atoms with Crippen LogP contribution in [0.25, 0.3) is 0 Å². The van der Waals surface area contributed by atoms with Gasteiger partial charge in [-0.05, 0) is 35.4 Å². The number of ether oxygens (including phenoxy) is 1. The minimum absolute atomic E-state index is 0.206. The monoisotopic (exact) mass is 339 g/mol. The summed E-state index contributed by atoms with van der Waals surface area (Å²) < 4.78 is 24.3. The van der Waals surface area contributed by atoms with Crippen LogP contribution in [0.5, 0.6) is 5.75 Å². The summed E-state index contributed by atoms with van der Waals surface area (Å²) in [6, 6.07) is 13.1. The maximum atomic E-state index is 13.0. The fourth-order valence-corrected chi connectivity index (χ4v) is 2.49. The summed E-state index contributed by atoms with van der Waals surface area (Å²) in [5, 5.41) is 13.0. The van der Waals surface area contributed by atoms with Gasteiger partial charge in [0.05, 0.1) is 19.2 Å². The van der Waals surface area contributed by atoms with Crippen LogP contribution in [0.3, 0.4) is 0 Å². The Labute approximate surface area is 142 Å². The molecular weight excluding hydrogens is 325 g/mol. The van der Waals surface area contributed by atoms with Crippen molar-refractivity contribution >= 4 is 0 Å². The van der Waals surface area contributed by atoms with Crippen molar-refractivity contribution in [2.45, 2.75) is 13.0 Å². The normalized spacial score (nSPS) is 10.4. The molecule has 0 saturated heterocycles. The van der Waals surface area contributed by atoms with Gasteiger partial charge in [0.25, 0.3) is 0 Å². The Balaban J connectivity index is 1.88. The number of nitriles is 1. The van der Waals surface area contributed by atoms with Gasteiger partial charge in [0.2, 0.25) is 0 Å². The van der Waals surface area contributed by atoms with Crippen LogP contribution in [-0.2, 0) is 13.0 Å². The van der Waals surface area contributed by atoms with E-state index in [-0.39, 0.29) is 12.4 Å². The van der Waals surface area contributed by atoms with Crippen molar-refractivity contribution in [1.29, 1.82) is 5.26 Å². The summed E-state index contributed by atoms with van der Waals surface area (Å²) in [6.07, 6.45) is 0.327. The summed E-state index contributed by atoms with van der Waals surface area (Å²) in [7, 11) is 1.49. The maximum absolute atomic E-state index is 13.0. The molecule has 0 spiro atoms. The number of hydrogen-bond acceptors (Lipinski definition) is 5. The first-order chi connectivity index (χ1) is 12.1. The van der Waals surface area contributed by atoms with Crippen molar-refractivity contribution < 1.29 is 13.7 Å². The highest BCUT2D eigenvalue weighted by Crippen LogP contribution is 2.19. The van der Waals surface area contributed by atoms with Gasteiger partial charge in [-0.1, -0.05) is 23.4 Å². The first-order valence-corrected chi connectivity index (χ1v) is 7.47. The quantitative estimate of drug-likeness (QED) is 0.713. The molecule has 1 heterocycles. The lowest BCUT2D eigenvalue weighted by atomic mass is 10.1. The zero-order valence-corrected chi connectivity index (χ0v) is 13.4. The molecule has 0 amide bonds. The number of hydrogen-bond donors (Lipinski definition) is 0. The second-order valence-electron chi connectivity index (χ2n) is 5.40. The molecule has 7 heteroatoms. The smallest absolute Gasteiger partial charge is 0.441 e. The molecular formula is C18H14FN3O3. The third-order valence-corrected chi connectivity index (χ3v) is 3.76. The topological polar surface area (TPSA) is 81.0 Å². The molecule has 0 aliphatic heterocycles. The minimum atomic E-state index is -0.591. The zero-order valence-electron chi connectivity index (χ0n) is 13.4. The van der Waals surface area contributed by atoms with Crippen molar-refractivity contribution in [3.63, 3.8) is 0 Å². The Morgan fingerprint density at radius 1 is 1.24 bits per heavy atom. The molecule has 3 rings (SSSR count). The molecule has 0 saturated carbocycles. The first kappa shape index (κ1) is 16.5. The van der Waals surface area contributed by atoms with Crippen LogP contribution in [0.2, 0.25) is 0 Å². The molecule has 0 radical (unpaired) electrons. The number of methoxy groups -OCH3 is 1. The predicted molar refractivity (Wildman–Crippen MR) is 86.8 cm³/mol. The molecule has 6 nitrogen and oxygen atoms in total. The molecule has 0 bridgehead atoms. The number of nitrogens with zero attached hydrogens (tertiary/aromatic N) is 3. The standard InChI is InChI=1S/C18H14FN3O3/c1-24-16-7-4-13(8-14(16)10-20)11-22-17(21-25-18(22)23)9-12-2-5-15(19)6-3-12/h2-8H,9,11H2,1H3. The van der Waals surface area contributed by atoms with Crippen LogP contribution in [0.15, 0.2) is 51.8 Å². The number of rotatable bonds is 5. The van der Waals surface area contributed by atoms with E-state index >= 15 is 0 Å². The van der Waals surface area contributed by atoms with E-state index in [2.05, 4.69) is 11.2 Å². The Hall–Kier alpha value is -3.40. The molecule has 25 heavy (non-hydrogen) atoms. The molecule has 1 aromatic heterocycles. The Kier molecular flexibility index (Phi) is 4.61. The highest BCUT2D eigenvalue weighted by Gasteiger charge is 2.13. The van der Waals surface area contributed by atoms with Gasteiger partial charge in [0, 0.05) is 6.42 Å². The fraction of sp³-hybridized carbons (Fsp3) is 0.167. The van der Waals surface area contributed by atoms with Gasteiger partial charge in [-0.25, -0.2) is 9.18 Å². The molecule has 3 aromatic rings. The minimum Gasteiger partial charge on any atom is -0.495 e.